The average Bonchev–Trinajstić information content (AvgIpc) is 2.61. The highest BCUT2D eigenvalue weighted by Gasteiger charge is 2.18. The van der Waals surface area contributed by atoms with Crippen molar-refractivity contribution in [2.75, 3.05) is 31.6 Å². The summed E-state index contributed by atoms with van der Waals surface area (Å²) >= 11 is 0. The molecule has 0 aromatic heterocycles. The first-order chi connectivity index (χ1) is 8.85. The van der Waals surface area contributed by atoms with Crippen molar-refractivity contribution in [3.05, 3.63) is 24.3 Å². The molecule has 3 heteroatoms. The number of hydrogen-bond acceptors (Lipinski definition) is 3. The number of para-hydroxylation sites is 2. The van der Waals surface area contributed by atoms with Crippen molar-refractivity contribution in [3.8, 4) is 5.75 Å². The predicted octanol–water partition coefficient (Wildman–Crippen LogP) is 2.66. The molecular formula is C15H24N2O. The summed E-state index contributed by atoms with van der Waals surface area (Å²) in [7, 11) is 2.06. The van der Waals surface area contributed by atoms with Crippen molar-refractivity contribution < 1.29 is 4.74 Å². The van der Waals surface area contributed by atoms with E-state index in [-0.39, 0.29) is 0 Å². The SMILES string of the molecule is CCCC(CN1CCCOc2ccccc21)NC. The Labute approximate surface area is 110 Å². The zero-order chi connectivity index (χ0) is 12.8. The Bertz CT molecular complexity index is 367. The van der Waals surface area contributed by atoms with E-state index in [1.807, 2.05) is 6.07 Å². The Balaban J connectivity index is 2.12. The van der Waals surface area contributed by atoms with Crippen molar-refractivity contribution in [1.82, 2.24) is 5.32 Å². The van der Waals surface area contributed by atoms with Crippen LogP contribution in [0.1, 0.15) is 26.2 Å². The summed E-state index contributed by atoms with van der Waals surface area (Å²) in [5.74, 6) is 1.03. The molecule has 1 heterocycles. The molecule has 1 aromatic rings. The average molecular weight is 248 g/mol. The van der Waals surface area contributed by atoms with Crippen LogP contribution in [0.15, 0.2) is 24.3 Å². The molecule has 1 unspecified atom stereocenters. The van der Waals surface area contributed by atoms with E-state index in [0.717, 1.165) is 31.9 Å². The molecule has 0 saturated heterocycles. The lowest BCUT2D eigenvalue weighted by Gasteiger charge is -2.28. The second kappa shape index (κ2) is 6.64. The Morgan fingerprint density at radius 2 is 2.22 bits per heavy atom. The first kappa shape index (κ1) is 13.2. The number of likely N-dealkylation sites (N-methyl/N-ethyl adjacent to an activating group) is 1. The van der Waals surface area contributed by atoms with Gasteiger partial charge in [0.25, 0.3) is 0 Å². The molecule has 0 bridgehead atoms. The van der Waals surface area contributed by atoms with Gasteiger partial charge in [0.1, 0.15) is 5.75 Å². The number of nitrogens with zero attached hydrogens (tertiary/aromatic N) is 1. The van der Waals surface area contributed by atoms with Gasteiger partial charge in [-0.1, -0.05) is 25.5 Å². The van der Waals surface area contributed by atoms with E-state index in [1.165, 1.54) is 18.5 Å². The molecule has 0 fully saturated rings. The summed E-state index contributed by atoms with van der Waals surface area (Å²) < 4.78 is 5.79. The molecule has 1 aliphatic rings. The molecule has 18 heavy (non-hydrogen) atoms. The maximum atomic E-state index is 5.79. The quantitative estimate of drug-likeness (QED) is 0.867. The van der Waals surface area contributed by atoms with Crippen LogP contribution in [0, 0.1) is 0 Å². The smallest absolute Gasteiger partial charge is 0.142 e. The van der Waals surface area contributed by atoms with Gasteiger partial charge in [0.2, 0.25) is 0 Å². The predicted molar refractivity (Wildman–Crippen MR) is 76.5 cm³/mol. The van der Waals surface area contributed by atoms with E-state index in [2.05, 4.69) is 42.4 Å². The van der Waals surface area contributed by atoms with Gasteiger partial charge in [0, 0.05) is 19.1 Å². The lowest BCUT2D eigenvalue weighted by Crippen LogP contribution is -2.39. The topological polar surface area (TPSA) is 24.5 Å². The number of fused-ring (bicyclic) bond motifs is 1. The summed E-state index contributed by atoms with van der Waals surface area (Å²) in [5.41, 5.74) is 1.24. The summed E-state index contributed by atoms with van der Waals surface area (Å²) in [6.45, 7) is 5.21. The number of anilines is 1. The first-order valence-corrected chi connectivity index (χ1v) is 6.99. The Morgan fingerprint density at radius 1 is 1.39 bits per heavy atom. The highest BCUT2D eigenvalue weighted by atomic mass is 16.5. The Kier molecular flexibility index (Phi) is 4.88. The Morgan fingerprint density at radius 3 is 3.00 bits per heavy atom. The second-order valence-electron chi connectivity index (χ2n) is 4.89. The maximum absolute atomic E-state index is 5.79. The van der Waals surface area contributed by atoms with Crippen molar-refractivity contribution in [1.29, 1.82) is 0 Å². The number of ether oxygens (including phenoxy) is 1. The molecule has 0 radical (unpaired) electrons. The monoisotopic (exact) mass is 248 g/mol. The molecule has 0 spiro atoms. The molecule has 100 valence electrons. The van der Waals surface area contributed by atoms with Crippen molar-refractivity contribution in [2.45, 2.75) is 32.2 Å². The minimum atomic E-state index is 0.557. The number of rotatable bonds is 5. The van der Waals surface area contributed by atoms with Gasteiger partial charge in [-0.3, -0.25) is 0 Å². The van der Waals surface area contributed by atoms with Crippen LogP contribution in [0.25, 0.3) is 0 Å². The fraction of sp³-hybridized carbons (Fsp3) is 0.600. The third-order valence-corrected chi connectivity index (χ3v) is 3.52. The van der Waals surface area contributed by atoms with Crippen molar-refractivity contribution in [3.63, 3.8) is 0 Å². The van der Waals surface area contributed by atoms with Gasteiger partial charge >= 0.3 is 0 Å². The molecule has 3 nitrogen and oxygen atoms in total. The highest BCUT2D eigenvalue weighted by molar-refractivity contribution is 5.59. The van der Waals surface area contributed by atoms with Crippen LogP contribution >= 0.6 is 0 Å². The summed E-state index contributed by atoms with van der Waals surface area (Å²) in [6.07, 6.45) is 3.53. The van der Waals surface area contributed by atoms with Crippen molar-refractivity contribution >= 4 is 5.69 Å². The van der Waals surface area contributed by atoms with Crippen LogP contribution in [0.3, 0.4) is 0 Å². The lowest BCUT2D eigenvalue weighted by atomic mass is 10.1. The molecule has 0 amide bonds. The Hall–Kier alpha value is -1.22. The van der Waals surface area contributed by atoms with E-state index >= 15 is 0 Å². The molecule has 1 aromatic carbocycles. The summed E-state index contributed by atoms with van der Waals surface area (Å²) in [6, 6.07) is 8.93. The molecule has 1 aliphatic heterocycles. The summed E-state index contributed by atoms with van der Waals surface area (Å²) in [4.78, 5) is 2.46. The van der Waals surface area contributed by atoms with Crippen LogP contribution in [-0.2, 0) is 0 Å². The van der Waals surface area contributed by atoms with Gasteiger partial charge in [-0.2, -0.15) is 0 Å². The third kappa shape index (κ3) is 3.16. The lowest BCUT2D eigenvalue weighted by molar-refractivity contribution is 0.322. The van der Waals surface area contributed by atoms with E-state index in [0.29, 0.717) is 6.04 Å². The fourth-order valence-corrected chi connectivity index (χ4v) is 2.53. The van der Waals surface area contributed by atoms with Crippen LogP contribution in [0.5, 0.6) is 5.75 Å². The standard InChI is InChI=1S/C15H24N2O/c1-3-7-13(16-2)12-17-10-6-11-18-15-9-5-4-8-14(15)17/h4-5,8-9,13,16H,3,6-7,10-12H2,1-2H3. The molecule has 0 aliphatic carbocycles. The zero-order valence-electron chi connectivity index (χ0n) is 11.5. The molecular weight excluding hydrogens is 224 g/mol. The molecule has 1 N–H and O–H groups in total. The third-order valence-electron chi connectivity index (χ3n) is 3.52. The number of nitrogens with one attached hydrogen (secondary N) is 1. The van der Waals surface area contributed by atoms with Gasteiger partial charge in [-0.25, -0.2) is 0 Å². The first-order valence-electron chi connectivity index (χ1n) is 6.99. The van der Waals surface area contributed by atoms with Gasteiger partial charge in [-0.05, 0) is 32.0 Å². The highest BCUT2D eigenvalue weighted by Crippen LogP contribution is 2.30. The van der Waals surface area contributed by atoms with Crippen LogP contribution in [-0.4, -0.2) is 32.8 Å². The van der Waals surface area contributed by atoms with E-state index in [4.69, 9.17) is 4.74 Å². The van der Waals surface area contributed by atoms with Gasteiger partial charge in [0.15, 0.2) is 0 Å². The van der Waals surface area contributed by atoms with Crippen molar-refractivity contribution in [2.24, 2.45) is 0 Å². The number of benzene rings is 1. The fourth-order valence-electron chi connectivity index (χ4n) is 2.53. The minimum Gasteiger partial charge on any atom is -0.491 e. The summed E-state index contributed by atoms with van der Waals surface area (Å²) in [5, 5.41) is 3.42. The van der Waals surface area contributed by atoms with E-state index in [9.17, 15) is 0 Å². The molecule has 2 rings (SSSR count). The minimum absolute atomic E-state index is 0.557. The van der Waals surface area contributed by atoms with E-state index in [1.54, 1.807) is 0 Å². The zero-order valence-corrected chi connectivity index (χ0v) is 11.5. The number of hydrogen-bond donors (Lipinski definition) is 1. The van der Waals surface area contributed by atoms with Gasteiger partial charge in [-0.15, -0.1) is 0 Å². The van der Waals surface area contributed by atoms with Crippen LogP contribution in [0.2, 0.25) is 0 Å². The van der Waals surface area contributed by atoms with E-state index < -0.39 is 0 Å². The normalized spacial score (nSPS) is 16.7. The molecule has 0 saturated carbocycles. The van der Waals surface area contributed by atoms with Gasteiger partial charge in [0.05, 0.1) is 12.3 Å². The van der Waals surface area contributed by atoms with Crippen LogP contribution in [0.4, 0.5) is 5.69 Å². The maximum Gasteiger partial charge on any atom is 0.142 e. The van der Waals surface area contributed by atoms with Crippen LogP contribution < -0.4 is 15.0 Å². The second-order valence-corrected chi connectivity index (χ2v) is 4.89. The molecule has 1 atom stereocenters. The largest absolute Gasteiger partial charge is 0.491 e. The van der Waals surface area contributed by atoms with Gasteiger partial charge < -0.3 is 15.0 Å².